The largest absolute Gasteiger partial charge is 0.384 e. The normalized spacial score (nSPS) is 12.4. The minimum absolute atomic E-state index is 0.608. The number of rotatable bonds is 2. The predicted octanol–water partition coefficient (Wildman–Crippen LogP) is 2.52. The number of nitrogens with zero attached hydrogens (tertiary/aromatic N) is 2. The SMILES string of the molecule is Cc1ccc(Cl)cc1C(O)c1cncnc1. The van der Waals surface area contributed by atoms with Gasteiger partial charge in [0.05, 0.1) is 0 Å². The van der Waals surface area contributed by atoms with Crippen molar-refractivity contribution in [1.82, 2.24) is 9.97 Å². The first kappa shape index (κ1) is 11.0. The van der Waals surface area contributed by atoms with Crippen LogP contribution in [-0.2, 0) is 0 Å². The molecule has 0 aliphatic heterocycles. The maximum absolute atomic E-state index is 10.2. The molecule has 1 unspecified atom stereocenters. The molecule has 0 spiro atoms. The quantitative estimate of drug-likeness (QED) is 0.869. The van der Waals surface area contributed by atoms with E-state index in [1.807, 2.05) is 13.0 Å². The van der Waals surface area contributed by atoms with Gasteiger partial charge in [-0.05, 0) is 30.2 Å². The molecule has 1 aromatic carbocycles. The molecule has 0 aliphatic rings. The molecular weight excluding hydrogens is 224 g/mol. The van der Waals surface area contributed by atoms with Crippen LogP contribution in [0.3, 0.4) is 0 Å². The number of aryl methyl sites for hydroxylation is 1. The Bertz CT molecular complexity index is 488. The molecule has 0 bridgehead atoms. The maximum atomic E-state index is 10.2. The molecule has 0 radical (unpaired) electrons. The topological polar surface area (TPSA) is 46.0 Å². The first-order valence-electron chi connectivity index (χ1n) is 4.87. The molecule has 1 N–H and O–H groups in total. The smallest absolute Gasteiger partial charge is 0.115 e. The van der Waals surface area contributed by atoms with Crippen molar-refractivity contribution >= 4 is 11.6 Å². The van der Waals surface area contributed by atoms with Gasteiger partial charge >= 0.3 is 0 Å². The van der Waals surface area contributed by atoms with Gasteiger partial charge in [0.2, 0.25) is 0 Å². The fraction of sp³-hybridized carbons (Fsp3) is 0.167. The Balaban J connectivity index is 2.41. The van der Waals surface area contributed by atoms with E-state index in [1.165, 1.54) is 6.33 Å². The first-order valence-corrected chi connectivity index (χ1v) is 5.25. The van der Waals surface area contributed by atoms with Crippen molar-refractivity contribution < 1.29 is 5.11 Å². The maximum Gasteiger partial charge on any atom is 0.115 e. The second kappa shape index (κ2) is 4.60. The molecule has 2 aromatic rings. The molecule has 16 heavy (non-hydrogen) atoms. The summed E-state index contributed by atoms with van der Waals surface area (Å²) in [5, 5.41) is 10.8. The lowest BCUT2D eigenvalue weighted by Crippen LogP contribution is -2.02. The molecule has 0 amide bonds. The number of hydrogen-bond donors (Lipinski definition) is 1. The van der Waals surface area contributed by atoms with E-state index in [1.54, 1.807) is 24.5 Å². The Hall–Kier alpha value is -1.45. The summed E-state index contributed by atoms with van der Waals surface area (Å²) in [7, 11) is 0. The zero-order valence-corrected chi connectivity index (χ0v) is 9.52. The lowest BCUT2D eigenvalue weighted by molar-refractivity contribution is 0.218. The summed E-state index contributed by atoms with van der Waals surface area (Å²) in [4.78, 5) is 7.76. The Kier molecular flexibility index (Phi) is 3.17. The van der Waals surface area contributed by atoms with Crippen molar-refractivity contribution in [2.45, 2.75) is 13.0 Å². The fourth-order valence-electron chi connectivity index (χ4n) is 1.54. The average molecular weight is 235 g/mol. The van der Waals surface area contributed by atoms with Crippen LogP contribution in [-0.4, -0.2) is 15.1 Å². The standard InChI is InChI=1S/C12H11ClN2O/c1-8-2-3-10(13)4-11(8)12(16)9-5-14-7-15-6-9/h2-7,12,16H,1H3. The predicted molar refractivity (Wildman–Crippen MR) is 62.3 cm³/mol. The molecule has 0 aliphatic carbocycles. The molecule has 3 nitrogen and oxygen atoms in total. The molecule has 0 saturated carbocycles. The number of aromatic nitrogens is 2. The van der Waals surface area contributed by atoms with Gasteiger partial charge in [-0.3, -0.25) is 0 Å². The van der Waals surface area contributed by atoms with Gasteiger partial charge in [0.15, 0.2) is 0 Å². The second-order valence-electron chi connectivity index (χ2n) is 3.58. The Morgan fingerprint density at radius 1 is 1.25 bits per heavy atom. The number of aliphatic hydroxyl groups excluding tert-OH is 1. The first-order chi connectivity index (χ1) is 7.68. The number of aliphatic hydroxyl groups is 1. The minimum atomic E-state index is -0.736. The average Bonchev–Trinajstić information content (AvgIpc) is 2.32. The van der Waals surface area contributed by atoms with Gasteiger partial charge in [0.25, 0.3) is 0 Å². The van der Waals surface area contributed by atoms with E-state index in [-0.39, 0.29) is 0 Å². The second-order valence-corrected chi connectivity index (χ2v) is 4.01. The third-order valence-corrected chi connectivity index (χ3v) is 2.67. The van der Waals surface area contributed by atoms with Gasteiger partial charge in [0, 0.05) is 23.0 Å². The van der Waals surface area contributed by atoms with Gasteiger partial charge in [0.1, 0.15) is 12.4 Å². The molecule has 1 atom stereocenters. The van der Waals surface area contributed by atoms with Crippen molar-refractivity contribution in [2.75, 3.05) is 0 Å². The molecule has 2 rings (SSSR count). The van der Waals surface area contributed by atoms with E-state index < -0.39 is 6.10 Å². The van der Waals surface area contributed by atoms with E-state index in [0.717, 1.165) is 11.1 Å². The van der Waals surface area contributed by atoms with Crippen LogP contribution in [0.5, 0.6) is 0 Å². The van der Waals surface area contributed by atoms with Crippen molar-refractivity contribution in [3.05, 3.63) is 58.6 Å². The zero-order valence-electron chi connectivity index (χ0n) is 8.76. The van der Waals surface area contributed by atoms with Crippen LogP contribution in [0.1, 0.15) is 22.8 Å². The van der Waals surface area contributed by atoms with Crippen LogP contribution >= 0.6 is 11.6 Å². The minimum Gasteiger partial charge on any atom is -0.384 e. The van der Waals surface area contributed by atoms with E-state index in [0.29, 0.717) is 10.6 Å². The molecule has 1 heterocycles. The van der Waals surface area contributed by atoms with Gasteiger partial charge in [-0.1, -0.05) is 17.7 Å². The van der Waals surface area contributed by atoms with Crippen molar-refractivity contribution in [2.24, 2.45) is 0 Å². The summed E-state index contributed by atoms with van der Waals surface area (Å²) in [6.07, 6.45) is 3.89. The Morgan fingerprint density at radius 3 is 2.62 bits per heavy atom. The summed E-state index contributed by atoms with van der Waals surface area (Å²) in [6.45, 7) is 1.93. The van der Waals surface area contributed by atoms with Crippen molar-refractivity contribution in [3.8, 4) is 0 Å². The van der Waals surface area contributed by atoms with Crippen LogP contribution in [0.15, 0.2) is 36.9 Å². The highest BCUT2D eigenvalue weighted by Crippen LogP contribution is 2.26. The Labute approximate surface area is 98.8 Å². The molecule has 4 heteroatoms. The third-order valence-electron chi connectivity index (χ3n) is 2.43. The van der Waals surface area contributed by atoms with Gasteiger partial charge in [-0.15, -0.1) is 0 Å². The van der Waals surface area contributed by atoms with Gasteiger partial charge < -0.3 is 5.11 Å². The lowest BCUT2D eigenvalue weighted by atomic mass is 9.99. The van der Waals surface area contributed by atoms with E-state index in [2.05, 4.69) is 9.97 Å². The van der Waals surface area contributed by atoms with Crippen molar-refractivity contribution in [1.29, 1.82) is 0 Å². The van der Waals surface area contributed by atoms with Crippen LogP contribution in [0.25, 0.3) is 0 Å². The van der Waals surface area contributed by atoms with Crippen LogP contribution in [0.2, 0.25) is 5.02 Å². The number of hydrogen-bond acceptors (Lipinski definition) is 3. The molecule has 1 aromatic heterocycles. The number of halogens is 1. The van der Waals surface area contributed by atoms with Gasteiger partial charge in [-0.2, -0.15) is 0 Å². The highest BCUT2D eigenvalue weighted by atomic mass is 35.5. The van der Waals surface area contributed by atoms with Crippen LogP contribution in [0.4, 0.5) is 0 Å². The van der Waals surface area contributed by atoms with Crippen LogP contribution < -0.4 is 0 Å². The fourth-order valence-corrected chi connectivity index (χ4v) is 1.72. The lowest BCUT2D eigenvalue weighted by Gasteiger charge is -2.13. The summed E-state index contributed by atoms with van der Waals surface area (Å²) in [5.41, 5.74) is 2.43. The van der Waals surface area contributed by atoms with Crippen molar-refractivity contribution in [3.63, 3.8) is 0 Å². The highest BCUT2D eigenvalue weighted by molar-refractivity contribution is 6.30. The third kappa shape index (κ3) is 2.21. The summed E-state index contributed by atoms with van der Waals surface area (Å²) in [5.74, 6) is 0. The van der Waals surface area contributed by atoms with Gasteiger partial charge in [-0.25, -0.2) is 9.97 Å². The number of benzene rings is 1. The summed E-state index contributed by atoms with van der Waals surface area (Å²) < 4.78 is 0. The molecule has 0 saturated heterocycles. The van der Waals surface area contributed by atoms with E-state index in [4.69, 9.17) is 11.6 Å². The van der Waals surface area contributed by atoms with Crippen LogP contribution in [0, 0.1) is 6.92 Å². The monoisotopic (exact) mass is 234 g/mol. The zero-order chi connectivity index (χ0) is 11.5. The van der Waals surface area contributed by atoms with E-state index >= 15 is 0 Å². The molecule has 0 fully saturated rings. The Morgan fingerprint density at radius 2 is 1.94 bits per heavy atom. The molecule has 82 valence electrons. The summed E-state index contributed by atoms with van der Waals surface area (Å²) in [6, 6.07) is 5.44. The van der Waals surface area contributed by atoms with E-state index in [9.17, 15) is 5.11 Å². The summed E-state index contributed by atoms with van der Waals surface area (Å²) >= 11 is 5.91. The highest BCUT2D eigenvalue weighted by Gasteiger charge is 2.13. The molecular formula is C12H11ClN2O.